The molecular weight excluding hydrogens is 326 g/mol. The van der Waals surface area contributed by atoms with E-state index in [9.17, 15) is 9.59 Å². The van der Waals surface area contributed by atoms with E-state index in [0.29, 0.717) is 11.5 Å². The molecule has 20 heavy (non-hydrogen) atoms. The first kappa shape index (κ1) is 14.2. The van der Waals surface area contributed by atoms with Gasteiger partial charge in [0.1, 0.15) is 6.54 Å². The second kappa shape index (κ2) is 6.29. The van der Waals surface area contributed by atoms with Gasteiger partial charge in [-0.1, -0.05) is 15.9 Å². The number of halogens is 1. The Hall–Kier alpha value is -2.22. The summed E-state index contributed by atoms with van der Waals surface area (Å²) in [6, 6.07) is 7.22. The van der Waals surface area contributed by atoms with Gasteiger partial charge in [0.05, 0.1) is 6.20 Å². The number of hydrogen-bond acceptors (Lipinski definition) is 4. The van der Waals surface area contributed by atoms with Gasteiger partial charge in [-0.15, -0.1) is 5.10 Å². The summed E-state index contributed by atoms with van der Waals surface area (Å²) in [7, 11) is 0. The Morgan fingerprint density at radius 1 is 1.25 bits per heavy atom. The molecule has 104 valence electrons. The molecule has 0 bridgehead atoms. The first-order valence-electron chi connectivity index (χ1n) is 5.76. The third-order valence-electron chi connectivity index (χ3n) is 2.25. The van der Waals surface area contributed by atoms with Crippen molar-refractivity contribution in [1.29, 1.82) is 0 Å². The summed E-state index contributed by atoms with van der Waals surface area (Å²) >= 11 is 3.32. The topological polar surface area (TPSA) is 88.9 Å². The summed E-state index contributed by atoms with van der Waals surface area (Å²) in [5.74, 6) is -0.178. The molecule has 1 aromatic heterocycles. The van der Waals surface area contributed by atoms with Gasteiger partial charge in [-0.25, -0.2) is 0 Å². The molecule has 0 atom stereocenters. The lowest BCUT2D eigenvalue weighted by atomic mass is 10.3. The average Bonchev–Trinajstić information content (AvgIpc) is 2.78. The van der Waals surface area contributed by atoms with E-state index in [1.807, 2.05) is 12.1 Å². The van der Waals surface area contributed by atoms with E-state index in [2.05, 4.69) is 36.8 Å². The van der Waals surface area contributed by atoms with E-state index in [4.69, 9.17) is 0 Å². The van der Waals surface area contributed by atoms with Crippen LogP contribution in [0.4, 0.5) is 11.5 Å². The number of amides is 2. The molecule has 2 amide bonds. The number of nitrogens with zero attached hydrogens (tertiary/aromatic N) is 3. The van der Waals surface area contributed by atoms with Gasteiger partial charge in [-0.2, -0.15) is 9.90 Å². The van der Waals surface area contributed by atoms with Crippen molar-refractivity contribution in [1.82, 2.24) is 15.0 Å². The molecule has 8 heteroatoms. The fourth-order valence-corrected chi connectivity index (χ4v) is 1.74. The van der Waals surface area contributed by atoms with Crippen LogP contribution in [0.5, 0.6) is 0 Å². The van der Waals surface area contributed by atoms with Crippen LogP contribution in [0.1, 0.15) is 6.92 Å². The highest BCUT2D eigenvalue weighted by atomic mass is 79.9. The second-order valence-electron chi connectivity index (χ2n) is 4.00. The Labute approximate surface area is 123 Å². The van der Waals surface area contributed by atoms with Gasteiger partial charge >= 0.3 is 0 Å². The van der Waals surface area contributed by atoms with E-state index >= 15 is 0 Å². The predicted molar refractivity (Wildman–Crippen MR) is 77.1 cm³/mol. The highest BCUT2D eigenvalue weighted by Gasteiger charge is 2.07. The summed E-state index contributed by atoms with van der Waals surface area (Å²) < 4.78 is 0.934. The molecule has 0 radical (unpaired) electrons. The molecule has 2 N–H and O–H groups in total. The number of rotatable bonds is 4. The van der Waals surface area contributed by atoms with Gasteiger partial charge in [0, 0.05) is 17.1 Å². The monoisotopic (exact) mass is 337 g/mol. The van der Waals surface area contributed by atoms with Crippen molar-refractivity contribution >= 4 is 39.2 Å². The lowest BCUT2D eigenvalue weighted by Gasteiger charge is -2.04. The third kappa shape index (κ3) is 4.16. The van der Waals surface area contributed by atoms with E-state index in [-0.39, 0.29) is 18.4 Å². The van der Waals surface area contributed by atoms with Crippen molar-refractivity contribution in [3.8, 4) is 0 Å². The van der Waals surface area contributed by atoms with Crippen molar-refractivity contribution in [3.63, 3.8) is 0 Å². The number of anilines is 2. The molecule has 2 aromatic rings. The van der Waals surface area contributed by atoms with Gasteiger partial charge in [0.2, 0.25) is 11.8 Å². The Balaban J connectivity index is 1.92. The summed E-state index contributed by atoms with van der Waals surface area (Å²) in [6.45, 7) is 1.34. The normalized spacial score (nSPS) is 10.1. The van der Waals surface area contributed by atoms with Gasteiger partial charge in [-0.05, 0) is 24.3 Å². The summed E-state index contributed by atoms with van der Waals surface area (Å²) in [4.78, 5) is 23.8. The van der Waals surface area contributed by atoms with E-state index in [1.165, 1.54) is 17.9 Å². The minimum Gasteiger partial charge on any atom is -0.324 e. The Bertz CT molecular complexity index is 623. The molecular formula is C12H12BrN5O2. The van der Waals surface area contributed by atoms with Crippen LogP contribution in [0, 0.1) is 0 Å². The maximum atomic E-state index is 11.8. The van der Waals surface area contributed by atoms with Crippen LogP contribution in [0.3, 0.4) is 0 Å². The quantitative estimate of drug-likeness (QED) is 0.887. The van der Waals surface area contributed by atoms with Crippen molar-refractivity contribution in [3.05, 3.63) is 34.9 Å². The Morgan fingerprint density at radius 3 is 2.60 bits per heavy atom. The van der Waals surface area contributed by atoms with Gasteiger partial charge < -0.3 is 10.6 Å². The molecule has 0 aliphatic carbocycles. The van der Waals surface area contributed by atoms with Crippen LogP contribution in [0.25, 0.3) is 0 Å². The lowest BCUT2D eigenvalue weighted by molar-refractivity contribution is -0.117. The number of aromatic nitrogens is 3. The van der Waals surface area contributed by atoms with Gasteiger partial charge in [-0.3, -0.25) is 9.59 Å². The fraction of sp³-hybridized carbons (Fsp3) is 0.167. The molecule has 0 saturated heterocycles. The van der Waals surface area contributed by atoms with E-state index < -0.39 is 0 Å². The highest BCUT2D eigenvalue weighted by molar-refractivity contribution is 9.10. The molecule has 0 unspecified atom stereocenters. The zero-order valence-corrected chi connectivity index (χ0v) is 12.2. The number of nitrogens with one attached hydrogen (secondary N) is 2. The Kier molecular flexibility index (Phi) is 4.46. The van der Waals surface area contributed by atoms with Crippen molar-refractivity contribution in [2.24, 2.45) is 0 Å². The molecule has 7 nitrogen and oxygen atoms in total. The highest BCUT2D eigenvalue weighted by Crippen LogP contribution is 2.14. The first-order valence-corrected chi connectivity index (χ1v) is 6.55. The van der Waals surface area contributed by atoms with E-state index in [1.54, 1.807) is 12.1 Å². The minimum atomic E-state index is -0.253. The van der Waals surface area contributed by atoms with Crippen LogP contribution >= 0.6 is 15.9 Å². The molecule has 2 rings (SSSR count). The van der Waals surface area contributed by atoms with Crippen molar-refractivity contribution < 1.29 is 9.59 Å². The molecule has 0 aliphatic rings. The second-order valence-corrected chi connectivity index (χ2v) is 4.91. The largest absolute Gasteiger partial charge is 0.324 e. The summed E-state index contributed by atoms with van der Waals surface area (Å²) in [6.07, 6.45) is 1.38. The molecule has 0 spiro atoms. The number of carbonyl (C=O) groups is 2. The lowest BCUT2D eigenvalue weighted by Crippen LogP contribution is -2.20. The standard InChI is InChI=1S/C12H12BrN5O2/c1-8(19)15-11-6-14-18(17-11)7-12(20)16-10-4-2-9(13)3-5-10/h2-6H,7H2,1H3,(H,16,20)(H,15,17,19). The van der Waals surface area contributed by atoms with Crippen LogP contribution in [0.15, 0.2) is 34.9 Å². The first-order chi connectivity index (χ1) is 9.52. The smallest absolute Gasteiger partial charge is 0.247 e. The zero-order chi connectivity index (χ0) is 14.5. The molecule has 0 fully saturated rings. The van der Waals surface area contributed by atoms with Crippen molar-refractivity contribution in [2.45, 2.75) is 13.5 Å². The average molecular weight is 338 g/mol. The van der Waals surface area contributed by atoms with Crippen LogP contribution in [-0.4, -0.2) is 26.8 Å². The van der Waals surface area contributed by atoms with Crippen LogP contribution in [-0.2, 0) is 16.1 Å². The SMILES string of the molecule is CC(=O)Nc1cnn(CC(=O)Nc2ccc(Br)cc2)n1. The third-order valence-corrected chi connectivity index (χ3v) is 2.78. The molecule has 0 aliphatic heterocycles. The van der Waals surface area contributed by atoms with E-state index in [0.717, 1.165) is 4.47 Å². The Morgan fingerprint density at radius 2 is 1.95 bits per heavy atom. The van der Waals surface area contributed by atoms with Gasteiger partial charge in [0.25, 0.3) is 0 Å². The van der Waals surface area contributed by atoms with Gasteiger partial charge in [0.15, 0.2) is 5.82 Å². The zero-order valence-electron chi connectivity index (χ0n) is 10.6. The number of benzene rings is 1. The fourth-order valence-electron chi connectivity index (χ4n) is 1.47. The number of hydrogen-bond donors (Lipinski definition) is 2. The summed E-state index contributed by atoms with van der Waals surface area (Å²) in [5.41, 5.74) is 0.687. The maximum Gasteiger partial charge on any atom is 0.247 e. The molecule has 1 aromatic carbocycles. The minimum absolute atomic E-state index is 0.0321. The predicted octanol–water partition coefficient (Wildman–Crippen LogP) is 1.64. The maximum absolute atomic E-state index is 11.8. The van der Waals surface area contributed by atoms with Crippen LogP contribution < -0.4 is 10.6 Å². The number of carbonyl (C=O) groups excluding carboxylic acids is 2. The summed E-state index contributed by atoms with van der Waals surface area (Å²) in [5, 5.41) is 13.0. The van der Waals surface area contributed by atoms with Crippen molar-refractivity contribution in [2.75, 3.05) is 10.6 Å². The van der Waals surface area contributed by atoms with Crippen LogP contribution in [0.2, 0.25) is 0 Å². The molecule has 1 heterocycles. The molecule has 0 saturated carbocycles.